The summed E-state index contributed by atoms with van der Waals surface area (Å²) >= 11 is 0. The van der Waals surface area contributed by atoms with Crippen molar-refractivity contribution in [2.24, 2.45) is 5.73 Å². The molecular weight excluding hydrogens is 283 g/mol. The molecule has 0 saturated carbocycles. The molecule has 0 saturated heterocycles. The van der Waals surface area contributed by atoms with Gasteiger partial charge in [0.1, 0.15) is 11.6 Å². The summed E-state index contributed by atoms with van der Waals surface area (Å²) in [6.45, 7) is 0. The molecule has 0 bridgehead atoms. The van der Waals surface area contributed by atoms with Crippen LogP contribution in [0.1, 0.15) is 18.0 Å². The first-order valence-corrected chi connectivity index (χ1v) is 4.85. The lowest BCUT2D eigenvalue weighted by Crippen LogP contribution is -2.22. The number of hydrogen-bond acceptors (Lipinski definition) is 2. The van der Waals surface area contributed by atoms with E-state index in [1.165, 1.54) is 0 Å². The summed E-state index contributed by atoms with van der Waals surface area (Å²) in [4.78, 5) is 0. The molecule has 0 unspecified atom stereocenters. The average molecular weight is 291 g/mol. The average Bonchev–Trinajstić information content (AvgIpc) is 2.16. The molecule has 0 aliphatic heterocycles. The van der Waals surface area contributed by atoms with Gasteiger partial charge in [-0.05, 0) is 18.2 Å². The number of benzene rings is 1. The number of halogens is 7. The second-order valence-corrected chi connectivity index (χ2v) is 3.66. The van der Waals surface area contributed by atoms with Crippen LogP contribution in [-0.2, 0) is 0 Å². The summed E-state index contributed by atoms with van der Waals surface area (Å²) in [5.74, 6) is -1.97. The van der Waals surface area contributed by atoms with Crippen molar-refractivity contribution in [2.75, 3.05) is 0 Å². The number of rotatable bonds is 3. The van der Waals surface area contributed by atoms with Gasteiger partial charge in [-0.1, -0.05) is 0 Å². The fraction of sp³-hybridized carbons (Fsp3) is 0.400. The number of nitrogens with two attached hydrogens (primary N) is 1. The molecule has 2 N–H and O–H groups in total. The maximum Gasteiger partial charge on any atom is 0.573 e. The van der Waals surface area contributed by atoms with Crippen molar-refractivity contribution in [1.82, 2.24) is 0 Å². The van der Waals surface area contributed by atoms with Crippen molar-refractivity contribution in [3.63, 3.8) is 0 Å². The van der Waals surface area contributed by atoms with Gasteiger partial charge in [-0.3, -0.25) is 0 Å². The highest BCUT2D eigenvalue weighted by atomic mass is 19.4. The van der Waals surface area contributed by atoms with Gasteiger partial charge in [-0.25, -0.2) is 4.39 Å². The van der Waals surface area contributed by atoms with Crippen LogP contribution in [0, 0.1) is 5.82 Å². The first kappa shape index (κ1) is 15.5. The minimum Gasteiger partial charge on any atom is -0.406 e. The van der Waals surface area contributed by atoms with Crippen LogP contribution in [0.4, 0.5) is 30.7 Å². The van der Waals surface area contributed by atoms with E-state index in [2.05, 4.69) is 4.74 Å². The zero-order chi connectivity index (χ0) is 14.8. The van der Waals surface area contributed by atoms with Crippen molar-refractivity contribution < 1.29 is 35.5 Å². The molecule has 1 rings (SSSR count). The SMILES string of the molecule is N[C@@H](CC(F)(F)F)c1cc(OC(F)(F)F)ccc1F. The highest BCUT2D eigenvalue weighted by Crippen LogP contribution is 2.32. The van der Waals surface area contributed by atoms with E-state index >= 15 is 0 Å². The van der Waals surface area contributed by atoms with Crippen LogP contribution in [0.15, 0.2) is 18.2 Å². The highest BCUT2D eigenvalue weighted by molar-refractivity contribution is 5.32. The number of ether oxygens (including phenoxy) is 1. The Labute approximate surface area is 103 Å². The Morgan fingerprint density at radius 3 is 2.16 bits per heavy atom. The summed E-state index contributed by atoms with van der Waals surface area (Å²) < 4.78 is 88.7. The maximum atomic E-state index is 13.2. The third-order valence-corrected chi connectivity index (χ3v) is 2.05. The Morgan fingerprint density at radius 2 is 1.68 bits per heavy atom. The van der Waals surface area contributed by atoms with E-state index < -0.39 is 42.1 Å². The normalized spacial score (nSPS) is 14.3. The third kappa shape index (κ3) is 5.33. The zero-order valence-corrected chi connectivity index (χ0v) is 9.15. The molecule has 0 radical (unpaired) electrons. The molecular formula is C10H8F7NO. The van der Waals surface area contributed by atoms with E-state index in [4.69, 9.17) is 5.73 Å². The topological polar surface area (TPSA) is 35.2 Å². The van der Waals surface area contributed by atoms with E-state index in [1.807, 2.05) is 0 Å². The van der Waals surface area contributed by atoms with E-state index in [9.17, 15) is 30.7 Å². The molecule has 0 spiro atoms. The molecule has 0 fully saturated rings. The van der Waals surface area contributed by atoms with Gasteiger partial charge in [-0.15, -0.1) is 13.2 Å². The fourth-order valence-corrected chi connectivity index (χ4v) is 1.36. The predicted octanol–water partition coefficient (Wildman–Crippen LogP) is 3.68. The maximum absolute atomic E-state index is 13.2. The van der Waals surface area contributed by atoms with Crippen molar-refractivity contribution in [2.45, 2.75) is 25.0 Å². The summed E-state index contributed by atoms with van der Waals surface area (Å²) in [5.41, 5.74) is 4.42. The molecule has 19 heavy (non-hydrogen) atoms. The first-order valence-electron chi connectivity index (χ1n) is 4.85. The third-order valence-electron chi connectivity index (χ3n) is 2.05. The fourth-order valence-electron chi connectivity index (χ4n) is 1.36. The second-order valence-electron chi connectivity index (χ2n) is 3.66. The molecule has 0 aliphatic rings. The first-order chi connectivity index (χ1) is 8.48. The van der Waals surface area contributed by atoms with Gasteiger partial charge >= 0.3 is 12.5 Å². The summed E-state index contributed by atoms with van der Waals surface area (Å²) in [5, 5.41) is 0. The minimum absolute atomic E-state index is 0.499. The highest BCUT2D eigenvalue weighted by Gasteiger charge is 2.34. The van der Waals surface area contributed by atoms with Crippen LogP contribution >= 0.6 is 0 Å². The molecule has 108 valence electrons. The lowest BCUT2D eigenvalue weighted by molar-refractivity contribution is -0.274. The molecule has 1 atom stereocenters. The van der Waals surface area contributed by atoms with E-state index in [0.29, 0.717) is 18.2 Å². The minimum atomic E-state index is -5.02. The number of hydrogen-bond donors (Lipinski definition) is 1. The molecule has 1 aromatic carbocycles. The van der Waals surface area contributed by atoms with Gasteiger partial charge in [0, 0.05) is 11.6 Å². The van der Waals surface area contributed by atoms with Gasteiger partial charge in [0.05, 0.1) is 6.42 Å². The Hall–Kier alpha value is -1.51. The predicted molar refractivity (Wildman–Crippen MR) is 50.7 cm³/mol. The molecule has 0 aromatic heterocycles. The summed E-state index contributed by atoms with van der Waals surface area (Å²) in [7, 11) is 0. The van der Waals surface area contributed by atoms with Gasteiger partial charge in [0.25, 0.3) is 0 Å². The summed E-state index contributed by atoms with van der Waals surface area (Å²) in [6, 6.07) is -0.102. The summed E-state index contributed by atoms with van der Waals surface area (Å²) in [6.07, 6.45) is -11.2. The zero-order valence-electron chi connectivity index (χ0n) is 9.15. The smallest absolute Gasteiger partial charge is 0.406 e. The van der Waals surface area contributed by atoms with Crippen LogP contribution in [0.2, 0.25) is 0 Å². The van der Waals surface area contributed by atoms with Crippen LogP contribution in [0.3, 0.4) is 0 Å². The van der Waals surface area contributed by atoms with E-state index in [0.717, 1.165) is 0 Å². The Kier molecular flexibility index (Phi) is 4.28. The van der Waals surface area contributed by atoms with E-state index in [1.54, 1.807) is 0 Å². The second kappa shape index (κ2) is 5.24. The van der Waals surface area contributed by atoms with Crippen LogP contribution in [0.5, 0.6) is 5.75 Å². The van der Waals surface area contributed by atoms with Crippen molar-refractivity contribution in [1.29, 1.82) is 0 Å². The standard InChI is InChI=1S/C10H8F7NO/c11-7-2-1-5(19-10(15,16)17)3-6(7)8(18)4-9(12,13)14/h1-3,8H,4,18H2/t8-/m0/s1. The largest absolute Gasteiger partial charge is 0.573 e. The van der Waals surface area contributed by atoms with Crippen LogP contribution < -0.4 is 10.5 Å². The quantitative estimate of drug-likeness (QED) is 0.862. The Morgan fingerprint density at radius 1 is 1.11 bits per heavy atom. The molecule has 0 amide bonds. The molecule has 0 aliphatic carbocycles. The van der Waals surface area contributed by atoms with Crippen molar-refractivity contribution in [3.8, 4) is 5.75 Å². The molecule has 0 heterocycles. The lowest BCUT2D eigenvalue weighted by atomic mass is 10.0. The van der Waals surface area contributed by atoms with Crippen molar-refractivity contribution in [3.05, 3.63) is 29.6 Å². The van der Waals surface area contributed by atoms with E-state index in [-0.39, 0.29) is 0 Å². The molecule has 2 nitrogen and oxygen atoms in total. The van der Waals surface area contributed by atoms with Gasteiger partial charge in [-0.2, -0.15) is 13.2 Å². The Balaban J connectivity index is 2.97. The van der Waals surface area contributed by atoms with Gasteiger partial charge in [0.2, 0.25) is 0 Å². The monoisotopic (exact) mass is 291 g/mol. The van der Waals surface area contributed by atoms with Crippen LogP contribution in [-0.4, -0.2) is 12.5 Å². The van der Waals surface area contributed by atoms with Crippen LogP contribution in [0.25, 0.3) is 0 Å². The lowest BCUT2D eigenvalue weighted by Gasteiger charge is -2.16. The van der Waals surface area contributed by atoms with Crippen molar-refractivity contribution >= 4 is 0 Å². The molecule has 9 heteroatoms. The van der Waals surface area contributed by atoms with Gasteiger partial charge < -0.3 is 10.5 Å². The Bertz CT molecular complexity index is 440. The molecule has 1 aromatic rings. The van der Waals surface area contributed by atoms with Gasteiger partial charge in [0.15, 0.2) is 0 Å². The number of alkyl halides is 6.